The molecule has 0 spiro atoms. The summed E-state index contributed by atoms with van der Waals surface area (Å²) in [6.07, 6.45) is 2.39. The molecule has 32 valence electrons. The van der Waals surface area contributed by atoms with Gasteiger partial charge in [-0.05, 0) is 13.0 Å². The lowest BCUT2D eigenvalue weighted by Crippen LogP contribution is -1.95. The third-order valence-corrected chi connectivity index (χ3v) is 0.558. The van der Waals surface area contributed by atoms with Gasteiger partial charge >= 0.3 is 0 Å². The summed E-state index contributed by atoms with van der Waals surface area (Å²) in [6.45, 7) is 2.98. The van der Waals surface area contributed by atoms with Crippen molar-refractivity contribution in [1.29, 1.82) is 0 Å². The van der Waals surface area contributed by atoms with Gasteiger partial charge in [-0.1, -0.05) is 13.3 Å². The molecule has 2 N–H and O–H groups in total. The molecule has 0 amide bonds. The van der Waals surface area contributed by atoms with Gasteiger partial charge in [-0.3, -0.25) is 0 Å². The summed E-state index contributed by atoms with van der Waals surface area (Å²) in [6, 6.07) is 0. The zero-order valence-corrected chi connectivity index (χ0v) is 3.70. The average Bonchev–Trinajstić information content (AvgIpc) is 1.41. The number of rotatable bonds is 2. The number of hydrogen-bond acceptors (Lipinski definition) is 1. The highest BCUT2D eigenvalue weighted by Gasteiger charge is 1.67. The smallest absolute Gasteiger partial charge is 0.00774 e. The van der Waals surface area contributed by atoms with E-state index in [1.54, 1.807) is 0 Å². The second-order valence-corrected chi connectivity index (χ2v) is 1.14. The van der Waals surface area contributed by atoms with Crippen LogP contribution in [0.4, 0.5) is 0 Å². The van der Waals surface area contributed by atoms with Crippen LogP contribution >= 0.6 is 0 Å². The molecule has 0 saturated carbocycles. The summed E-state index contributed by atoms with van der Waals surface area (Å²) in [5.74, 6) is 0. The molecule has 1 nitrogen and oxygen atoms in total. The maximum Gasteiger partial charge on any atom is -0.00774 e. The Balaban J connectivity index is 2.19. The molecule has 0 aliphatic heterocycles. The van der Waals surface area contributed by atoms with E-state index in [-0.39, 0.29) is 0 Å². The van der Waals surface area contributed by atoms with Crippen molar-refractivity contribution >= 4 is 0 Å². The van der Waals surface area contributed by atoms with E-state index in [4.69, 9.17) is 5.73 Å². The van der Waals surface area contributed by atoms with Crippen molar-refractivity contribution in [2.75, 3.05) is 6.54 Å². The quantitative estimate of drug-likeness (QED) is 0.480. The molecule has 0 aromatic carbocycles. The minimum absolute atomic E-state index is 0.844. The van der Waals surface area contributed by atoms with Crippen LogP contribution in [0.5, 0.6) is 0 Å². The van der Waals surface area contributed by atoms with Gasteiger partial charge in [-0.25, -0.2) is 0 Å². The van der Waals surface area contributed by atoms with Gasteiger partial charge in [0.1, 0.15) is 0 Å². The fraction of sp³-hybridized carbons (Fsp3) is 1.00. The van der Waals surface area contributed by atoms with Crippen molar-refractivity contribution in [2.45, 2.75) is 19.8 Å². The lowest BCUT2D eigenvalue weighted by atomic mass is 10.4. The van der Waals surface area contributed by atoms with E-state index in [2.05, 4.69) is 6.92 Å². The van der Waals surface area contributed by atoms with Crippen LogP contribution in [0, 0.1) is 0 Å². The van der Waals surface area contributed by atoms with Gasteiger partial charge in [0.05, 0.1) is 0 Å². The van der Waals surface area contributed by atoms with Crippen molar-refractivity contribution in [3.63, 3.8) is 0 Å². The van der Waals surface area contributed by atoms with Gasteiger partial charge in [0.25, 0.3) is 0 Å². The minimum Gasteiger partial charge on any atom is -0.330 e. The average molecular weight is 74.1 g/mol. The summed E-state index contributed by atoms with van der Waals surface area (Å²) in [7, 11) is 0. The van der Waals surface area contributed by atoms with Gasteiger partial charge in [-0.2, -0.15) is 0 Å². The molecular formula is C4H11N. The zero-order valence-electron chi connectivity index (χ0n) is 3.70. The van der Waals surface area contributed by atoms with Crippen LogP contribution in [-0.4, -0.2) is 6.54 Å². The summed E-state index contributed by atoms with van der Waals surface area (Å²) in [5, 5.41) is 0. The topological polar surface area (TPSA) is 26.0 Å². The van der Waals surface area contributed by atoms with E-state index in [0.717, 1.165) is 6.54 Å². The van der Waals surface area contributed by atoms with Gasteiger partial charge < -0.3 is 5.73 Å². The maximum atomic E-state index is 5.14. The molecule has 0 fully saturated rings. The maximum absolute atomic E-state index is 5.14. The van der Waals surface area contributed by atoms with Crippen LogP contribution in [-0.2, 0) is 0 Å². The Bertz CT molecular complexity index is 11.1. The largest absolute Gasteiger partial charge is 0.330 e. The van der Waals surface area contributed by atoms with Crippen LogP contribution in [0.3, 0.4) is 0 Å². The van der Waals surface area contributed by atoms with Gasteiger partial charge in [0.2, 0.25) is 0 Å². The highest BCUT2D eigenvalue weighted by molar-refractivity contribution is 4.29. The summed E-state index contributed by atoms with van der Waals surface area (Å²) in [5.41, 5.74) is 5.14. The predicted molar refractivity (Wildman–Crippen MR) is 24.0 cm³/mol. The molecule has 5 heavy (non-hydrogen) atoms. The highest BCUT2D eigenvalue weighted by atomic mass is 15.3. The first kappa shape index (κ1) is 4.96. The van der Waals surface area contributed by atoms with Crippen molar-refractivity contribution < 1.29 is 0 Å². The van der Waals surface area contributed by atoms with E-state index in [1.807, 2.05) is 0 Å². The van der Waals surface area contributed by atoms with Crippen molar-refractivity contribution in [1.82, 2.24) is 0 Å². The van der Waals surface area contributed by atoms with E-state index in [1.165, 1.54) is 12.8 Å². The number of hydrogen-bond donors (Lipinski definition) is 1. The first-order chi connectivity index (χ1) is 2.41. The Hall–Kier alpha value is -0.0400. The lowest BCUT2D eigenvalue weighted by Gasteiger charge is -1.80. The summed E-state index contributed by atoms with van der Waals surface area (Å²) >= 11 is 0. The van der Waals surface area contributed by atoms with Crippen LogP contribution in [0.1, 0.15) is 19.8 Å². The molecule has 0 radical (unpaired) electrons. The fourth-order valence-electron chi connectivity index (χ4n) is 0.204. The molecule has 0 heterocycles. The normalized spacial score (nSPS) is 8.40. The molecule has 0 unspecified atom stereocenters. The summed E-state index contributed by atoms with van der Waals surface area (Å²) < 4.78 is 0. The molecule has 0 aliphatic rings. The molecule has 0 atom stereocenters. The second kappa shape index (κ2) is 3.96. The molecular weight excluding hydrogens is 63.0 g/mol. The number of unbranched alkanes of at least 4 members (excludes halogenated alkanes) is 1. The van der Waals surface area contributed by atoms with Gasteiger partial charge in [-0.15, -0.1) is 0 Å². The van der Waals surface area contributed by atoms with Gasteiger partial charge in [0, 0.05) is 0 Å². The molecule has 0 aromatic heterocycles. The van der Waals surface area contributed by atoms with Crippen LogP contribution in [0.15, 0.2) is 0 Å². The SMILES string of the molecule is CCCC[15NH2]. The monoisotopic (exact) mass is 74.1 g/mol. The first-order valence-corrected chi connectivity index (χ1v) is 2.12. The molecule has 0 saturated heterocycles. The van der Waals surface area contributed by atoms with Crippen molar-refractivity contribution in [3.8, 4) is 0 Å². The Labute approximate surface area is 33.2 Å². The third-order valence-electron chi connectivity index (χ3n) is 0.558. The van der Waals surface area contributed by atoms with Crippen LogP contribution in [0.2, 0.25) is 0 Å². The first-order valence-electron chi connectivity index (χ1n) is 2.12. The molecule has 0 aromatic rings. The molecule has 0 bridgehead atoms. The van der Waals surface area contributed by atoms with Crippen molar-refractivity contribution in [3.05, 3.63) is 0 Å². The predicted octanol–water partition coefficient (Wildman–Crippen LogP) is 0.745. The second-order valence-electron chi connectivity index (χ2n) is 1.14. The van der Waals surface area contributed by atoms with E-state index >= 15 is 0 Å². The zero-order chi connectivity index (χ0) is 4.12. The Kier molecular flexibility index (Phi) is 3.93. The Morgan fingerprint density at radius 1 is 1.60 bits per heavy atom. The summed E-state index contributed by atoms with van der Waals surface area (Å²) in [4.78, 5) is 0. The Morgan fingerprint density at radius 3 is 2.20 bits per heavy atom. The minimum atomic E-state index is 0.844. The molecule has 0 rings (SSSR count). The van der Waals surface area contributed by atoms with Crippen LogP contribution < -0.4 is 5.73 Å². The fourth-order valence-corrected chi connectivity index (χ4v) is 0.204. The highest BCUT2D eigenvalue weighted by Crippen LogP contribution is 1.77. The molecule has 0 aliphatic carbocycles. The number of nitrogens with two attached hydrogens (primary N) is 1. The molecule has 1 heteroatoms. The van der Waals surface area contributed by atoms with Gasteiger partial charge in [0.15, 0.2) is 0 Å². The van der Waals surface area contributed by atoms with E-state index in [9.17, 15) is 0 Å². The lowest BCUT2D eigenvalue weighted by molar-refractivity contribution is 0.807. The van der Waals surface area contributed by atoms with E-state index < -0.39 is 0 Å². The third kappa shape index (κ3) is 3.96. The van der Waals surface area contributed by atoms with Crippen LogP contribution in [0.25, 0.3) is 0 Å². The van der Waals surface area contributed by atoms with Crippen molar-refractivity contribution in [2.24, 2.45) is 5.73 Å². The standard InChI is InChI=1S/C4H11N/c1-2-3-4-5/h2-5H2,1H3/i5+1. The Morgan fingerprint density at radius 2 is 2.20 bits per heavy atom. The van der Waals surface area contributed by atoms with E-state index in [0.29, 0.717) is 0 Å².